The molecular weight excluding hydrogens is 1100 g/mol. The molecule has 5 N–H and O–H groups in total. The first-order valence-electron chi connectivity index (χ1n) is 29.7. The van der Waals surface area contributed by atoms with E-state index in [1.54, 1.807) is 49.4 Å². The molecule has 0 saturated carbocycles. The number of para-hydroxylation sites is 1. The van der Waals surface area contributed by atoms with Gasteiger partial charge in [0.1, 0.15) is 24.2 Å². The van der Waals surface area contributed by atoms with Crippen LogP contribution >= 0.6 is 11.3 Å². The number of aryl methyl sites for hydroxylation is 2. The normalized spacial score (nSPS) is 17.6. The summed E-state index contributed by atoms with van der Waals surface area (Å²) in [6.45, 7) is 22.2. The van der Waals surface area contributed by atoms with Crippen LogP contribution < -0.4 is 30.9 Å². The molecule has 454 valence electrons. The third-order valence-electron chi connectivity index (χ3n) is 16.0. The van der Waals surface area contributed by atoms with Gasteiger partial charge in [-0.3, -0.25) is 24.1 Å². The van der Waals surface area contributed by atoms with Crippen LogP contribution in [0.1, 0.15) is 129 Å². The maximum atomic E-state index is 14.1. The van der Waals surface area contributed by atoms with E-state index < -0.39 is 38.7 Å². The van der Waals surface area contributed by atoms with Crippen molar-refractivity contribution in [3.8, 4) is 16.2 Å². The highest BCUT2D eigenvalue weighted by molar-refractivity contribution is 7.92. The topological polar surface area (TPSA) is 245 Å². The van der Waals surface area contributed by atoms with E-state index in [0.717, 1.165) is 111 Å². The van der Waals surface area contributed by atoms with E-state index >= 15 is 0 Å². The van der Waals surface area contributed by atoms with Gasteiger partial charge in [-0.05, 0) is 108 Å². The van der Waals surface area contributed by atoms with Gasteiger partial charge in [-0.15, -0.1) is 11.3 Å². The number of nitrogens with zero attached hydrogens (tertiary/aromatic N) is 8. The Morgan fingerprint density at radius 1 is 0.810 bits per heavy atom. The van der Waals surface area contributed by atoms with Gasteiger partial charge in [0.05, 0.1) is 49.8 Å². The van der Waals surface area contributed by atoms with E-state index in [1.807, 2.05) is 82.3 Å². The molecule has 3 aromatic carbocycles. The first-order valence-corrected chi connectivity index (χ1v) is 32.2. The lowest BCUT2D eigenvalue weighted by atomic mass is 9.85. The average Bonchev–Trinajstić information content (AvgIpc) is 4.06. The number of carbonyl (C=O) groups is 4. The number of unbranched alkanes of at least 4 members (excludes halogenated alkanes) is 4. The third kappa shape index (κ3) is 16.4. The minimum Gasteiger partial charge on any atom is -0.489 e. The number of likely N-dealkylation sites (tertiary alicyclic amines) is 1. The second-order valence-electron chi connectivity index (χ2n) is 24.1. The molecular formula is C62H86N12O8S2. The zero-order valence-electron chi connectivity index (χ0n) is 50.3. The van der Waals surface area contributed by atoms with Gasteiger partial charge in [0, 0.05) is 89.4 Å². The number of sulfone groups is 1. The Bertz CT molecular complexity index is 3170. The first kappa shape index (κ1) is 63.3. The van der Waals surface area contributed by atoms with E-state index in [9.17, 15) is 32.7 Å². The van der Waals surface area contributed by atoms with Crippen LogP contribution in [0.4, 0.5) is 29.0 Å². The number of aliphatic hydroxyl groups excluding tert-OH is 1. The molecule has 0 bridgehead atoms. The highest BCUT2D eigenvalue weighted by atomic mass is 32.2. The summed E-state index contributed by atoms with van der Waals surface area (Å²) in [7, 11) is -3.57. The number of nitrogens with one attached hydrogen (secondary N) is 4. The van der Waals surface area contributed by atoms with Gasteiger partial charge >= 0.3 is 0 Å². The van der Waals surface area contributed by atoms with Crippen molar-refractivity contribution in [3.05, 3.63) is 89.3 Å². The van der Waals surface area contributed by atoms with Gasteiger partial charge < -0.3 is 45.8 Å². The molecule has 0 aliphatic carbocycles. The highest BCUT2D eigenvalue weighted by Crippen LogP contribution is 2.38. The number of aliphatic hydroxyl groups is 1. The van der Waals surface area contributed by atoms with Crippen molar-refractivity contribution < 1.29 is 37.4 Å². The molecule has 0 spiro atoms. The van der Waals surface area contributed by atoms with Crippen LogP contribution in [0, 0.1) is 19.3 Å². The number of carbonyl (C=O) groups excluding carboxylic acids is 4. The smallest absolute Gasteiger partial charge is 0.246 e. The van der Waals surface area contributed by atoms with Crippen molar-refractivity contribution in [2.45, 2.75) is 174 Å². The van der Waals surface area contributed by atoms with Gasteiger partial charge in [0.15, 0.2) is 9.84 Å². The number of anilines is 5. The van der Waals surface area contributed by atoms with E-state index in [2.05, 4.69) is 64.0 Å². The Labute approximate surface area is 499 Å². The summed E-state index contributed by atoms with van der Waals surface area (Å²) in [6, 6.07) is 17.5. The average molecular weight is 1190 g/mol. The zero-order chi connectivity index (χ0) is 60.3. The van der Waals surface area contributed by atoms with Gasteiger partial charge in [-0.1, -0.05) is 76.4 Å². The fourth-order valence-electron chi connectivity index (χ4n) is 11.3. The summed E-state index contributed by atoms with van der Waals surface area (Å²) >= 11 is 1.58. The molecule has 4 amide bonds. The Balaban J connectivity index is 0.726. The fraction of sp³-hybridized carbons (Fsp3) is 0.548. The molecule has 22 heteroatoms. The minimum absolute atomic E-state index is 0.0148. The number of piperazine rings is 1. The third-order valence-corrected chi connectivity index (χ3v) is 19.2. The zero-order valence-corrected chi connectivity index (χ0v) is 52.0. The molecule has 8 rings (SSSR count). The number of aromatic nitrogens is 4. The molecule has 3 fully saturated rings. The predicted molar refractivity (Wildman–Crippen MR) is 329 cm³/mol. The molecule has 3 aliphatic rings. The molecule has 84 heavy (non-hydrogen) atoms. The maximum Gasteiger partial charge on any atom is 0.246 e. The van der Waals surface area contributed by atoms with E-state index in [-0.39, 0.29) is 72.5 Å². The van der Waals surface area contributed by atoms with Crippen molar-refractivity contribution in [3.63, 3.8) is 0 Å². The molecule has 2 aromatic heterocycles. The Morgan fingerprint density at radius 3 is 2.11 bits per heavy atom. The highest BCUT2D eigenvalue weighted by Gasteiger charge is 2.44. The summed E-state index contributed by atoms with van der Waals surface area (Å²) in [5.41, 5.74) is 7.36. The number of ether oxygens (including phenoxy) is 1. The molecule has 5 aromatic rings. The van der Waals surface area contributed by atoms with Crippen LogP contribution in [-0.4, -0.2) is 153 Å². The van der Waals surface area contributed by atoms with Crippen LogP contribution in [0.15, 0.2) is 77.4 Å². The monoisotopic (exact) mass is 1190 g/mol. The number of β-amino-alcohol motifs (C(OH)–C–C–N with tert-alkyl or cyclic N) is 1. The summed E-state index contributed by atoms with van der Waals surface area (Å²) in [5.74, 6) is 0.370. The number of thiazole rings is 1. The van der Waals surface area contributed by atoms with Gasteiger partial charge in [0.2, 0.25) is 35.5 Å². The molecule has 20 nitrogen and oxygen atoms in total. The lowest BCUT2D eigenvalue weighted by Gasteiger charge is -2.43. The Morgan fingerprint density at radius 2 is 1.46 bits per heavy atom. The SMILES string of the molecule is Cc1cc(Nc2ncnc(Nc3ccccc3S(=O)(=O)C(C)C)n2)c(OC(C)C)cc1N1CCC(N2CCN(C(=O)CCCCCCCC(=O)N[C@H](C(=O)N3C[C@H](O)C[C@H]3C(=O)NCc3ccc(-c4scnc4C)cc3)C(C)(C)C)CC2)CC1. The quantitative estimate of drug-likeness (QED) is 0.0363. The Kier molecular flexibility index (Phi) is 21.4. The number of amides is 4. The second-order valence-corrected chi connectivity index (χ2v) is 27.4. The largest absolute Gasteiger partial charge is 0.489 e. The fourth-order valence-corrected chi connectivity index (χ4v) is 13.3. The number of piperidine rings is 1. The summed E-state index contributed by atoms with van der Waals surface area (Å²) in [6.07, 6.45) is 7.37. The molecule has 3 saturated heterocycles. The van der Waals surface area contributed by atoms with Crippen molar-refractivity contribution in [2.24, 2.45) is 5.41 Å². The number of rotatable bonds is 24. The first-order chi connectivity index (χ1) is 40.0. The van der Waals surface area contributed by atoms with Crippen LogP contribution in [0.25, 0.3) is 10.4 Å². The summed E-state index contributed by atoms with van der Waals surface area (Å²) in [5, 5.41) is 22.4. The predicted octanol–water partition coefficient (Wildman–Crippen LogP) is 8.72. The second kappa shape index (κ2) is 28.4. The van der Waals surface area contributed by atoms with E-state index in [1.165, 1.54) is 11.2 Å². The van der Waals surface area contributed by atoms with E-state index in [4.69, 9.17) is 4.74 Å². The van der Waals surface area contributed by atoms with Crippen LogP contribution in [-0.2, 0) is 35.6 Å². The van der Waals surface area contributed by atoms with E-state index in [0.29, 0.717) is 36.0 Å². The van der Waals surface area contributed by atoms with Gasteiger partial charge in [-0.2, -0.15) is 4.98 Å². The number of hydrogen-bond acceptors (Lipinski definition) is 17. The molecule has 3 atom stereocenters. The lowest BCUT2D eigenvalue weighted by Crippen LogP contribution is -2.57. The van der Waals surface area contributed by atoms with Crippen LogP contribution in [0.5, 0.6) is 5.75 Å². The Hall–Kier alpha value is -6.75. The molecule has 0 unspecified atom stereocenters. The van der Waals surface area contributed by atoms with Crippen molar-refractivity contribution >= 4 is 73.8 Å². The standard InChI is InChI=1S/C62H86N12O8S2/c1-40(2)82-52-35-50(42(5)33-49(52)68-61-65-38-64-60(70-61)67-48-17-15-16-18-53(48)84(80,81)41(3)4)72-27-25-46(26-28-72)71-29-31-73(32-30-71)55(77)20-14-12-10-11-13-19-54(76)69-57(62(7,8)9)59(79)74-37-47(75)34-51(74)58(78)63-36-44-21-23-45(24-22-44)56-43(6)66-39-83-56/h15-18,21-24,33,35,38-41,46-47,51,57,75H,10-14,19-20,25-32,34,36-37H2,1-9H3,(H,63,78)(H,69,76)(H2,64,65,67,68,70)/t47-,51+,57-/m1/s1. The minimum atomic E-state index is -3.57. The van der Waals surface area contributed by atoms with Crippen molar-refractivity contribution in [1.82, 2.24) is 45.3 Å². The maximum absolute atomic E-state index is 14.1. The van der Waals surface area contributed by atoms with Gasteiger partial charge in [0.25, 0.3) is 0 Å². The van der Waals surface area contributed by atoms with Crippen molar-refractivity contribution in [2.75, 3.05) is 61.3 Å². The van der Waals surface area contributed by atoms with Crippen LogP contribution in [0.3, 0.4) is 0 Å². The van der Waals surface area contributed by atoms with Crippen molar-refractivity contribution in [1.29, 1.82) is 0 Å². The number of benzene rings is 3. The number of hydrogen-bond donors (Lipinski definition) is 5. The lowest BCUT2D eigenvalue weighted by molar-refractivity contribution is -0.144. The molecule has 3 aliphatic heterocycles. The van der Waals surface area contributed by atoms with Gasteiger partial charge in [-0.25, -0.2) is 23.4 Å². The summed E-state index contributed by atoms with van der Waals surface area (Å²) < 4.78 is 32.5. The molecule has 0 radical (unpaired) electrons. The molecule has 5 heterocycles. The summed E-state index contributed by atoms with van der Waals surface area (Å²) in [4.78, 5) is 81.5. The van der Waals surface area contributed by atoms with Crippen LogP contribution in [0.2, 0.25) is 0 Å².